The van der Waals surface area contributed by atoms with E-state index in [2.05, 4.69) is 22.1 Å². The average molecular weight is 338 g/mol. The van der Waals surface area contributed by atoms with Crippen molar-refractivity contribution in [2.75, 3.05) is 25.0 Å². The predicted octanol–water partition coefficient (Wildman–Crippen LogP) is 3.69. The highest BCUT2D eigenvalue weighted by molar-refractivity contribution is 5.92. The van der Waals surface area contributed by atoms with Crippen LogP contribution in [-0.2, 0) is 0 Å². The first-order valence-electron chi connectivity index (χ1n) is 8.88. The fourth-order valence-electron chi connectivity index (χ4n) is 3.17. The number of anilines is 1. The van der Waals surface area contributed by atoms with Gasteiger partial charge in [0.15, 0.2) is 5.96 Å². The molecule has 3 rings (SSSR count). The van der Waals surface area contributed by atoms with Crippen LogP contribution in [0.1, 0.15) is 19.8 Å². The molecule has 1 aliphatic rings. The molecule has 1 atom stereocenters. The first-order chi connectivity index (χ1) is 12.2. The minimum Gasteiger partial charge on any atom is -0.457 e. The largest absolute Gasteiger partial charge is 0.457 e. The van der Waals surface area contributed by atoms with Crippen LogP contribution >= 0.6 is 0 Å². The number of likely N-dealkylation sites (tertiary alicyclic amines) is 1. The molecule has 5 nitrogen and oxygen atoms in total. The van der Waals surface area contributed by atoms with E-state index in [1.807, 2.05) is 54.6 Å². The van der Waals surface area contributed by atoms with Gasteiger partial charge in [-0.1, -0.05) is 31.2 Å². The highest BCUT2D eigenvalue weighted by Gasteiger charge is 2.22. The van der Waals surface area contributed by atoms with E-state index < -0.39 is 0 Å². The molecule has 1 fully saturated rings. The highest BCUT2D eigenvalue weighted by Crippen LogP contribution is 2.23. The van der Waals surface area contributed by atoms with Crippen molar-refractivity contribution < 1.29 is 4.74 Å². The molecule has 0 radical (unpaired) electrons. The van der Waals surface area contributed by atoms with Crippen molar-refractivity contribution in [3.63, 3.8) is 0 Å². The van der Waals surface area contributed by atoms with Crippen LogP contribution in [0.5, 0.6) is 11.5 Å². The van der Waals surface area contributed by atoms with Crippen LogP contribution in [0.2, 0.25) is 0 Å². The predicted molar refractivity (Wildman–Crippen MR) is 103 cm³/mol. The molecule has 0 saturated carbocycles. The molecule has 0 aromatic heterocycles. The van der Waals surface area contributed by atoms with Gasteiger partial charge in [0.2, 0.25) is 0 Å². The van der Waals surface area contributed by atoms with Gasteiger partial charge in [-0.3, -0.25) is 9.89 Å². The van der Waals surface area contributed by atoms with Gasteiger partial charge in [0.1, 0.15) is 11.5 Å². The molecule has 5 heteroatoms. The first kappa shape index (κ1) is 17.3. The minimum atomic E-state index is 0.444. The normalized spacial score (nSPS) is 18.3. The number of likely N-dealkylation sites (N-methyl/N-ethyl adjacent to an activating group) is 1. The molecule has 0 spiro atoms. The van der Waals surface area contributed by atoms with Gasteiger partial charge in [-0.05, 0) is 50.2 Å². The second-order valence-electron chi connectivity index (χ2n) is 6.22. The number of nitrogens with two attached hydrogens (primary N) is 1. The van der Waals surface area contributed by atoms with E-state index in [1.54, 1.807) is 0 Å². The summed E-state index contributed by atoms with van der Waals surface area (Å²) in [6, 6.07) is 18.0. The number of hydrogen-bond donors (Lipinski definition) is 2. The lowest BCUT2D eigenvalue weighted by Gasteiger charge is -2.21. The van der Waals surface area contributed by atoms with Crippen LogP contribution < -0.4 is 15.8 Å². The van der Waals surface area contributed by atoms with E-state index in [0.717, 1.165) is 30.3 Å². The summed E-state index contributed by atoms with van der Waals surface area (Å²) < 4.78 is 5.84. The summed E-state index contributed by atoms with van der Waals surface area (Å²) in [4.78, 5) is 6.98. The van der Waals surface area contributed by atoms with Crippen LogP contribution in [-0.4, -0.2) is 36.5 Å². The van der Waals surface area contributed by atoms with Gasteiger partial charge < -0.3 is 15.8 Å². The molecule has 0 bridgehead atoms. The van der Waals surface area contributed by atoms with Gasteiger partial charge >= 0.3 is 0 Å². The van der Waals surface area contributed by atoms with Crippen LogP contribution in [0.25, 0.3) is 0 Å². The molecule has 2 aromatic rings. The fourth-order valence-corrected chi connectivity index (χ4v) is 3.17. The lowest BCUT2D eigenvalue weighted by atomic mass is 10.2. The Morgan fingerprint density at radius 2 is 2.00 bits per heavy atom. The number of nitrogens with one attached hydrogen (secondary N) is 1. The molecule has 3 N–H and O–H groups in total. The topological polar surface area (TPSA) is 62.9 Å². The van der Waals surface area contributed by atoms with Crippen molar-refractivity contribution in [1.82, 2.24) is 4.90 Å². The Labute approximate surface area is 149 Å². The second-order valence-corrected chi connectivity index (χ2v) is 6.22. The van der Waals surface area contributed by atoms with Crippen molar-refractivity contribution in [3.05, 3.63) is 54.6 Å². The van der Waals surface area contributed by atoms with Crippen molar-refractivity contribution in [2.24, 2.45) is 10.7 Å². The third kappa shape index (κ3) is 4.97. The molecule has 1 saturated heterocycles. The van der Waals surface area contributed by atoms with Crippen molar-refractivity contribution >= 4 is 11.6 Å². The minimum absolute atomic E-state index is 0.444. The van der Waals surface area contributed by atoms with E-state index in [-0.39, 0.29) is 0 Å². The van der Waals surface area contributed by atoms with E-state index in [1.165, 1.54) is 19.4 Å². The molecule has 2 aromatic carbocycles. The molecule has 1 aliphatic heterocycles. The van der Waals surface area contributed by atoms with Gasteiger partial charge in [0.05, 0.1) is 6.54 Å². The summed E-state index contributed by atoms with van der Waals surface area (Å²) in [6.45, 7) is 5.18. The zero-order valence-corrected chi connectivity index (χ0v) is 14.7. The van der Waals surface area contributed by atoms with Gasteiger partial charge in [-0.2, -0.15) is 0 Å². The summed E-state index contributed by atoms with van der Waals surface area (Å²) in [5.74, 6) is 2.01. The Bertz CT molecular complexity index is 702. The number of nitrogens with zero attached hydrogens (tertiary/aromatic N) is 2. The standard InChI is InChI=1S/C20H26N4O/c1-2-24-13-7-9-17(24)15-22-20(21)23-16-8-6-12-19(14-16)25-18-10-4-3-5-11-18/h3-6,8,10-12,14,17H,2,7,9,13,15H2,1H3,(H3,21,22,23). The Morgan fingerprint density at radius 1 is 1.20 bits per heavy atom. The third-order valence-corrected chi connectivity index (χ3v) is 4.46. The molecule has 0 amide bonds. The summed E-state index contributed by atoms with van der Waals surface area (Å²) >= 11 is 0. The molecular formula is C20H26N4O. The Hall–Kier alpha value is -2.53. The summed E-state index contributed by atoms with van der Waals surface area (Å²) in [5, 5.41) is 3.15. The average Bonchev–Trinajstić information content (AvgIpc) is 3.09. The molecule has 132 valence electrons. The number of aliphatic imine (C=N–C) groups is 1. The molecule has 1 unspecified atom stereocenters. The van der Waals surface area contributed by atoms with Gasteiger partial charge in [-0.25, -0.2) is 0 Å². The van der Waals surface area contributed by atoms with Crippen LogP contribution in [0, 0.1) is 0 Å². The smallest absolute Gasteiger partial charge is 0.193 e. The monoisotopic (exact) mass is 338 g/mol. The van der Waals surface area contributed by atoms with Crippen molar-refractivity contribution in [1.29, 1.82) is 0 Å². The quantitative estimate of drug-likeness (QED) is 0.623. The Morgan fingerprint density at radius 3 is 2.80 bits per heavy atom. The fraction of sp³-hybridized carbons (Fsp3) is 0.350. The third-order valence-electron chi connectivity index (χ3n) is 4.46. The summed E-state index contributed by atoms with van der Waals surface area (Å²) in [6.07, 6.45) is 2.45. The van der Waals surface area contributed by atoms with E-state index in [0.29, 0.717) is 12.0 Å². The van der Waals surface area contributed by atoms with E-state index in [9.17, 15) is 0 Å². The second kappa shape index (κ2) is 8.53. The number of benzene rings is 2. The summed E-state index contributed by atoms with van der Waals surface area (Å²) in [5.41, 5.74) is 6.92. The highest BCUT2D eigenvalue weighted by atomic mass is 16.5. The van der Waals surface area contributed by atoms with Gasteiger partial charge in [0.25, 0.3) is 0 Å². The lowest BCUT2D eigenvalue weighted by molar-refractivity contribution is 0.273. The maximum atomic E-state index is 6.05. The van der Waals surface area contributed by atoms with Crippen molar-refractivity contribution in [3.8, 4) is 11.5 Å². The van der Waals surface area contributed by atoms with E-state index >= 15 is 0 Å². The van der Waals surface area contributed by atoms with Crippen LogP contribution in [0.4, 0.5) is 5.69 Å². The number of rotatable bonds is 6. The van der Waals surface area contributed by atoms with Gasteiger partial charge in [0, 0.05) is 17.8 Å². The van der Waals surface area contributed by atoms with Crippen molar-refractivity contribution in [2.45, 2.75) is 25.8 Å². The maximum Gasteiger partial charge on any atom is 0.193 e. The van der Waals surface area contributed by atoms with Crippen LogP contribution in [0.15, 0.2) is 59.6 Å². The van der Waals surface area contributed by atoms with Crippen LogP contribution in [0.3, 0.4) is 0 Å². The molecule has 0 aliphatic carbocycles. The summed E-state index contributed by atoms with van der Waals surface area (Å²) in [7, 11) is 0. The maximum absolute atomic E-state index is 6.05. The molecule has 25 heavy (non-hydrogen) atoms. The number of ether oxygens (including phenoxy) is 1. The Balaban J connectivity index is 1.58. The zero-order valence-electron chi connectivity index (χ0n) is 14.7. The first-order valence-corrected chi connectivity index (χ1v) is 8.88. The van der Waals surface area contributed by atoms with E-state index in [4.69, 9.17) is 10.5 Å². The number of guanidine groups is 1. The zero-order chi connectivity index (χ0) is 17.5. The molecule has 1 heterocycles. The number of hydrogen-bond acceptors (Lipinski definition) is 3. The Kier molecular flexibility index (Phi) is 5.90. The number of para-hydroxylation sites is 1. The lowest BCUT2D eigenvalue weighted by Crippen LogP contribution is -2.33. The molecular weight excluding hydrogens is 312 g/mol. The van der Waals surface area contributed by atoms with Gasteiger partial charge in [-0.15, -0.1) is 0 Å². The SMILES string of the molecule is CCN1CCCC1CN=C(N)Nc1cccc(Oc2ccccc2)c1.